The molecule has 0 spiro atoms. The van der Waals surface area contributed by atoms with Crippen molar-refractivity contribution in [1.29, 1.82) is 0 Å². The Balaban J connectivity index is 2.03. The molecule has 0 saturated heterocycles. The molecule has 3 aromatic carbocycles. The van der Waals surface area contributed by atoms with Crippen molar-refractivity contribution in [2.75, 3.05) is 10.8 Å². The first-order valence-corrected chi connectivity index (χ1v) is 14.5. The molecule has 1 N–H and O–H groups in total. The van der Waals surface area contributed by atoms with Crippen LogP contribution in [0.5, 0.6) is 0 Å². The third kappa shape index (κ3) is 7.71. The fraction of sp³-hybridized carbons (Fsp3) is 0.286. The Hall–Kier alpha value is -3.14. The van der Waals surface area contributed by atoms with Crippen LogP contribution >= 0.6 is 23.2 Å². The lowest BCUT2D eigenvalue weighted by atomic mass is 10.1. The molecular weight excluding hydrogens is 564 g/mol. The number of nitrogens with one attached hydrogen (secondary N) is 1. The van der Waals surface area contributed by atoms with Gasteiger partial charge in [0.25, 0.3) is 10.0 Å². The summed E-state index contributed by atoms with van der Waals surface area (Å²) >= 11 is 12.3. The molecule has 3 rings (SSSR count). The predicted molar refractivity (Wildman–Crippen MR) is 152 cm³/mol. The second kappa shape index (κ2) is 13.3. The number of carbonyl (C=O) groups excluding carboxylic acids is 2. The number of hydrogen-bond acceptors (Lipinski definition) is 4. The summed E-state index contributed by atoms with van der Waals surface area (Å²) in [5.74, 6) is -1.48. The highest BCUT2D eigenvalue weighted by atomic mass is 35.5. The molecule has 0 aliphatic heterocycles. The van der Waals surface area contributed by atoms with Crippen molar-refractivity contribution in [3.63, 3.8) is 0 Å². The Morgan fingerprint density at radius 1 is 0.949 bits per heavy atom. The molecule has 0 aliphatic carbocycles. The summed E-state index contributed by atoms with van der Waals surface area (Å²) in [5.41, 5.74) is 0.694. The average molecular weight is 595 g/mol. The van der Waals surface area contributed by atoms with E-state index in [9.17, 15) is 22.4 Å². The van der Waals surface area contributed by atoms with Crippen molar-refractivity contribution >= 4 is 50.7 Å². The minimum Gasteiger partial charge on any atom is -0.352 e. The fourth-order valence-electron chi connectivity index (χ4n) is 3.72. The first-order valence-electron chi connectivity index (χ1n) is 12.3. The van der Waals surface area contributed by atoms with Crippen molar-refractivity contribution in [1.82, 2.24) is 10.2 Å². The molecule has 0 heterocycles. The zero-order valence-electron chi connectivity index (χ0n) is 21.8. The van der Waals surface area contributed by atoms with Crippen LogP contribution in [-0.2, 0) is 26.2 Å². The van der Waals surface area contributed by atoms with Crippen LogP contribution in [0.1, 0.15) is 32.8 Å². The second-order valence-electron chi connectivity index (χ2n) is 9.07. The minimum atomic E-state index is -4.23. The van der Waals surface area contributed by atoms with Gasteiger partial charge >= 0.3 is 0 Å². The maximum atomic E-state index is 13.8. The number of amides is 2. The molecule has 0 radical (unpaired) electrons. The first kappa shape index (κ1) is 30.4. The molecule has 0 saturated carbocycles. The number of anilines is 1. The molecule has 0 fully saturated rings. The normalized spacial score (nSPS) is 12.9. The van der Waals surface area contributed by atoms with Crippen molar-refractivity contribution in [2.24, 2.45) is 0 Å². The second-order valence-corrected chi connectivity index (χ2v) is 11.7. The van der Waals surface area contributed by atoms with E-state index in [1.165, 1.54) is 59.5 Å². The number of benzene rings is 3. The Morgan fingerprint density at radius 2 is 1.59 bits per heavy atom. The molecule has 2 amide bonds. The fourth-order valence-corrected chi connectivity index (χ4v) is 5.44. The number of nitrogens with zero attached hydrogens (tertiary/aromatic N) is 2. The van der Waals surface area contributed by atoms with E-state index in [0.29, 0.717) is 12.0 Å². The van der Waals surface area contributed by atoms with E-state index in [-0.39, 0.29) is 33.2 Å². The summed E-state index contributed by atoms with van der Waals surface area (Å²) in [6.45, 7) is 4.65. The molecule has 0 aliphatic rings. The van der Waals surface area contributed by atoms with Crippen LogP contribution in [0.3, 0.4) is 0 Å². The van der Waals surface area contributed by atoms with E-state index in [1.54, 1.807) is 25.1 Å². The van der Waals surface area contributed by atoms with Gasteiger partial charge < -0.3 is 10.2 Å². The zero-order valence-corrected chi connectivity index (χ0v) is 24.1. The van der Waals surface area contributed by atoms with Crippen molar-refractivity contribution in [3.8, 4) is 0 Å². The summed E-state index contributed by atoms with van der Waals surface area (Å²) < 4.78 is 41.9. The Morgan fingerprint density at radius 3 is 2.18 bits per heavy atom. The number of sulfonamides is 1. The molecule has 3 aromatic rings. The average Bonchev–Trinajstić information content (AvgIpc) is 2.92. The van der Waals surface area contributed by atoms with Crippen molar-refractivity contribution < 1.29 is 22.4 Å². The Kier molecular flexibility index (Phi) is 10.4. The van der Waals surface area contributed by atoms with Gasteiger partial charge in [0.15, 0.2) is 0 Å². The van der Waals surface area contributed by atoms with Gasteiger partial charge in [-0.25, -0.2) is 12.8 Å². The van der Waals surface area contributed by atoms with Crippen LogP contribution in [0.25, 0.3) is 0 Å². The van der Waals surface area contributed by atoms with Gasteiger partial charge in [0, 0.05) is 12.6 Å². The monoisotopic (exact) mass is 593 g/mol. The number of halogens is 3. The number of hydrogen-bond donors (Lipinski definition) is 1. The van der Waals surface area contributed by atoms with E-state index >= 15 is 0 Å². The predicted octanol–water partition coefficient (Wildman–Crippen LogP) is 5.66. The minimum absolute atomic E-state index is 0.0310. The zero-order chi connectivity index (χ0) is 28.7. The van der Waals surface area contributed by atoms with E-state index < -0.39 is 40.2 Å². The molecule has 39 heavy (non-hydrogen) atoms. The van der Waals surface area contributed by atoms with Gasteiger partial charge in [-0.15, -0.1) is 0 Å². The lowest BCUT2D eigenvalue weighted by Crippen LogP contribution is -2.52. The van der Waals surface area contributed by atoms with Crippen molar-refractivity contribution in [3.05, 3.63) is 94.2 Å². The van der Waals surface area contributed by atoms with Crippen LogP contribution in [0.4, 0.5) is 10.1 Å². The standard InChI is InChI=1S/C28H30Cl2FN3O4S/c1-4-19(2)32-28(36)20(3)33(17-21-10-12-22(31)13-11-21)27(35)18-34(23-14-15-25(29)26(30)16-23)39(37,38)24-8-6-5-7-9-24/h5-16,19-20H,4,17-18H2,1-3H3,(H,32,36). The molecule has 2 unspecified atom stereocenters. The molecule has 7 nitrogen and oxygen atoms in total. The van der Waals surface area contributed by atoms with Gasteiger partial charge in [-0.3, -0.25) is 13.9 Å². The van der Waals surface area contributed by atoms with Crippen LogP contribution in [0, 0.1) is 5.82 Å². The van der Waals surface area contributed by atoms with Crippen LogP contribution in [-0.4, -0.2) is 43.8 Å². The van der Waals surface area contributed by atoms with Gasteiger partial charge in [-0.2, -0.15) is 0 Å². The highest BCUT2D eigenvalue weighted by Crippen LogP contribution is 2.31. The molecule has 2 atom stereocenters. The molecule has 0 aromatic heterocycles. The third-order valence-corrected chi connectivity index (χ3v) is 8.76. The van der Waals surface area contributed by atoms with Gasteiger partial charge in [-0.05, 0) is 68.3 Å². The molecule has 208 valence electrons. The SMILES string of the molecule is CCC(C)NC(=O)C(C)N(Cc1ccc(F)cc1)C(=O)CN(c1ccc(Cl)c(Cl)c1)S(=O)(=O)c1ccccc1. The highest BCUT2D eigenvalue weighted by molar-refractivity contribution is 7.92. The van der Waals surface area contributed by atoms with Gasteiger partial charge in [0.1, 0.15) is 18.4 Å². The maximum absolute atomic E-state index is 13.8. The summed E-state index contributed by atoms with van der Waals surface area (Å²) in [5, 5.41) is 3.19. The topological polar surface area (TPSA) is 86.8 Å². The maximum Gasteiger partial charge on any atom is 0.264 e. The lowest BCUT2D eigenvalue weighted by Gasteiger charge is -2.32. The third-order valence-electron chi connectivity index (χ3n) is 6.24. The molecular formula is C28H30Cl2FN3O4S. The van der Waals surface area contributed by atoms with Crippen LogP contribution in [0.2, 0.25) is 10.0 Å². The largest absolute Gasteiger partial charge is 0.352 e. The molecule has 11 heteroatoms. The van der Waals surface area contributed by atoms with Gasteiger partial charge in [-0.1, -0.05) is 60.5 Å². The molecule has 0 bridgehead atoms. The Bertz CT molecular complexity index is 1410. The quantitative estimate of drug-likeness (QED) is 0.311. The lowest BCUT2D eigenvalue weighted by molar-refractivity contribution is -0.139. The number of carbonyl (C=O) groups is 2. The van der Waals surface area contributed by atoms with E-state index in [4.69, 9.17) is 23.2 Å². The summed E-state index contributed by atoms with van der Waals surface area (Å²) in [6, 6.07) is 16.4. The highest BCUT2D eigenvalue weighted by Gasteiger charge is 2.33. The smallest absolute Gasteiger partial charge is 0.264 e. The van der Waals surface area contributed by atoms with Crippen molar-refractivity contribution in [2.45, 2.75) is 50.7 Å². The van der Waals surface area contributed by atoms with Crippen LogP contribution in [0.15, 0.2) is 77.7 Å². The van der Waals surface area contributed by atoms with Gasteiger partial charge in [0.2, 0.25) is 11.8 Å². The Labute approximate surface area is 238 Å². The van der Waals surface area contributed by atoms with Crippen LogP contribution < -0.4 is 9.62 Å². The summed E-state index contributed by atoms with van der Waals surface area (Å²) in [4.78, 5) is 28.1. The van der Waals surface area contributed by atoms with E-state index in [2.05, 4.69) is 5.32 Å². The van der Waals surface area contributed by atoms with Gasteiger partial charge in [0.05, 0.1) is 20.6 Å². The summed E-state index contributed by atoms with van der Waals surface area (Å²) in [7, 11) is -4.23. The summed E-state index contributed by atoms with van der Waals surface area (Å²) in [6.07, 6.45) is 0.685. The van der Waals surface area contributed by atoms with E-state index in [0.717, 1.165) is 4.31 Å². The van der Waals surface area contributed by atoms with E-state index in [1.807, 2.05) is 13.8 Å². The first-order chi connectivity index (χ1) is 18.4. The number of rotatable bonds is 11.